The second kappa shape index (κ2) is 8.94. The van der Waals surface area contributed by atoms with Crippen LogP contribution in [-0.4, -0.2) is 45.0 Å². The molecule has 3 N–H and O–H groups in total. The quantitative estimate of drug-likeness (QED) is 0.335. The molecule has 0 unspecified atom stereocenters. The Balaban J connectivity index is 1.57. The largest absolute Gasteiger partial charge is 0.496 e. The van der Waals surface area contributed by atoms with Crippen LogP contribution in [0.1, 0.15) is 18.2 Å². The van der Waals surface area contributed by atoms with Gasteiger partial charge in [-0.25, -0.2) is 19.8 Å². The van der Waals surface area contributed by atoms with Crippen molar-refractivity contribution in [2.24, 2.45) is 0 Å². The van der Waals surface area contributed by atoms with Crippen molar-refractivity contribution in [2.75, 3.05) is 18.6 Å². The lowest BCUT2D eigenvalue weighted by Crippen LogP contribution is -2.29. The van der Waals surface area contributed by atoms with E-state index >= 15 is 0 Å². The number of carbonyl (C=O) groups is 1. The maximum Gasteiger partial charge on any atom is 0.414 e. The molecular weight excluding hydrogens is 446 g/mol. The highest BCUT2D eigenvalue weighted by Crippen LogP contribution is 2.36. The molecule has 0 radical (unpaired) electrons. The molecule has 3 aromatic carbocycles. The number of methoxy groups -OCH3 is 1. The van der Waals surface area contributed by atoms with Gasteiger partial charge in [0.15, 0.2) is 0 Å². The summed E-state index contributed by atoms with van der Waals surface area (Å²) < 4.78 is 5.83. The second-order valence-corrected chi connectivity index (χ2v) is 8.04. The van der Waals surface area contributed by atoms with Crippen LogP contribution < -0.4 is 15.2 Å². The Morgan fingerprint density at radius 1 is 1.09 bits per heavy atom. The number of aromatic amines is 2. The van der Waals surface area contributed by atoms with E-state index in [1.165, 1.54) is 0 Å². The molecule has 0 aliphatic rings. The van der Waals surface area contributed by atoms with Gasteiger partial charge in [-0.2, -0.15) is 5.10 Å². The molecule has 5 aromatic rings. The third-order valence-electron chi connectivity index (χ3n) is 6.02. The summed E-state index contributed by atoms with van der Waals surface area (Å²) in [5.74, 6) is 0.976. The normalized spacial score (nSPS) is 11.1. The average molecular weight is 470 g/mol. The Hall–Kier alpha value is -4.66. The van der Waals surface area contributed by atoms with E-state index in [9.17, 15) is 14.7 Å². The number of nitrogens with zero attached hydrogens (tertiary/aromatic N) is 3. The molecule has 9 heteroatoms. The van der Waals surface area contributed by atoms with E-state index in [-0.39, 0.29) is 18.1 Å². The van der Waals surface area contributed by atoms with Gasteiger partial charge in [0.2, 0.25) is 5.95 Å². The first-order valence-corrected chi connectivity index (χ1v) is 11.1. The van der Waals surface area contributed by atoms with E-state index in [1.54, 1.807) is 20.1 Å². The number of imidazole rings is 1. The van der Waals surface area contributed by atoms with Gasteiger partial charge < -0.3 is 14.8 Å². The summed E-state index contributed by atoms with van der Waals surface area (Å²) in [4.78, 5) is 32.4. The van der Waals surface area contributed by atoms with E-state index in [1.807, 2.05) is 54.6 Å². The number of para-hydroxylation sites is 1. The van der Waals surface area contributed by atoms with Crippen LogP contribution in [0.5, 0.6) is 5.75 Å². The molecule has 0 saturated carbocycles. The SMILES string of the molecule is CCN(C(=O)O)c1nc2cc(-c3cccc(Cc4n[nH]c(=O)c5ccccc45)c3OC)ccc2[nH]1. The van der Waals surface area contributed by atoms with Gasteiger partial charge >= 0.3 is 6.09 Å². The number of aromatic nitrogens is 4. The number of rotatable bonds is 6. The molecule has 0 atom stereocenters. The van der Waals surface area contributed by atoms with E-state index < -0.39 is 6.09 Å². The predicted molar refractivity (Wildman–Crippen MR) is 134 cm³/mol. The van der Waals surface area contributed by atoms with Crippen LogP contribution in [0.25, 0.3) is 32.9 Å². The third-order valence-corrected chi connectivity index (χ3v) is 6.02. The highest BCUT2D eigenvalue weighted by molar-refractivity contribution is 5.90. The van der Waals surface area contributed by atoms with Gasteiger partial charge in [-0.1, -0.05) is 42.5 Å². The van der Waals surface area contributed by atoms with E-state index in [0.29, 0.717) is 23.1 Å². The minimum Gasteiger partial charge on any atom is -0.496 e. The summed E-state index contributed by atoms with van der Waals surface area (Å²) in [6.45, 7) is 2.04. The number of ether oxygens (including phenoxy) is 1. The van der Waals surface area contributed by atoms with Crippen LogP contribution >= 0.6 is 0 Å². The summed E-state index contributed by atoms with van der Waals surface area (Å²) in [5, 5.41) is 17.7. The van der Waals surface area contributed by atoms with Crippen LogP contribution in [0, 0.1) is 0 Å². The first kappa shape index (κ1) is 22.1. The van der Waals surface area contributed by atoms with Crippen molar-refractivity contribution in [2.45, 2.75) is 13.3 Å². The van der Waals surface area contributed by atoms with Gasteiger partial charge in [-0.05, 0) is 30.7 Å². The maximum atomic E-state index is 12.2. The number of hydrogen-bond donors (Lipinski definition) is 3. The average Bonchev–Trinajstić information content (AvgIpc) is 3.28. The van der Waals surface area contributed by atoms with Crippen LogP contribution in [0.2, 0.25) is 0 Å². The van der Waals surface area contributed by atoms with E-state index in [0.717, 1.165) is 38.2 Å². The van der Waals surface area contributed by atoms with Crippen molar-refractivity contribution in [3.8, 4) is 16.9 Å². The van der Waals surface area contributed by atoms with Crippen LogP contribution in [0.15, 0.2) is 65.5 Å². The number of anilines is 1. The smallest absolute Gasteiger partial charge is 0.414 e. The fraction of sp³-hybridized carbons (Fsp3) is 0.154. The Labute approximate surface area is 200 Å². The zero-order chi connectivity index (χ0) is 24.5. The second-order valence-electron chi connectivity index (χ2n) is 8.04. The van der Waals surface area contributed by atoms with E-state index in [2.05, 4.69) is 20.2 Å². The van der Waals surface area contributed by atoms with Gasteiger partial charge in [0, 0.05) is 29.5 Å². The highest BCUT2D eigenvalue weighted by Gasteiger charge is 2.18. The van der Waals surface area contributed by atoms with Crippen molar-refractivity contribution in [3.05, 3.63) is 82.3 Å². The summed E-state index contributed by atoms with van der Waals surface area (Å²) in [6.07, 6.45) is -0.600. The van der Waals surface area contributed by atoms with Gasteiger partial charge in [-0.3, -0.25) is 4.79 Å². The Kier molecular flexibility index (Phi) is 5.66. The monoisotopic (exact) mass is 469 g/mol. The zero-order valence-electron chi connectivity index (χ0n) is 19.2. The molecule has 0 bridgehead atoms. The summed E-state index contributed by atoms with van der Waals surface area (Å²) in [7, 11) is 1.62. The number of fused-ring (bicyclic) bond motifs is 2. The molecule has 0 spiro atoms. The molecule has 5 rings (SSSR count). The van der Waals surface area contributed by atoms with Crippen molar-refractivity contribution in [3.63, 3.8) is 0 Å². The number of benzene rings is 3. The summed E-state index contributed by atoms with van der Waals surface area (Å²) in [6, 6.07) is 19.0. The Morgan fingerprint density at radius 3 is 2.63 bits per heavy atom. The van der Waals surface area contributed by atoms with Crippen molar-refractivity contribution >= 4 is 33.8 Å². The number of nitrogens with one attached hydrogen (secondary N) is 2. The topological polar surface area (TPSA) is 124 Å². The lowest BCUT2D eigenvalue weighted by molar-refractivity contribution is 0.202. The molecular formula is C26H23N5O4. The van der Waals surface area contributed by atoms with Crippen LogP contribution in [0.3, 0.4) is 0 Å². The number of H-pyrrole nitrogens is 2. The molecule has 0 fully saturated rings. The molecule has 9 nitrogen and oxygen atoms in total. The molecule has 2 aromatic heterocycles. The van der Waals surface area contributed by atoms with Crippen LogP contribution in [-0.2, 0) is 6.42 Å². The highest BCUT2D eigenvalue weighted by atomic mass is 16.5. The first-order valence-electron chi connectivity index (χ1n) is 11.1. The van der Waals surface area contributed by atoms with Gasteiger partial charge in [0.05, 0.1) is 29.2 Å². The number of hydrogen-bond acceptors (Lipinski definition) is 5. The molecule has 0 aliphatic heterocycles. The van der Waals surface area contributed by atoms with Gasteiger partial charge in [0.1, 0.15) is 5.75 Å². The third kappa shape index (κ3) is 3.97. The molecule has 1 amide bonds. The molecule has 2 heterocycles. The van der Waals surface area contributed by atoms with Crippen molar-refractivity contribution < 1.29 is 14.6 Å². The van der Waals surface area contributed by atoms with E-state index in [4.69, 9.17) is 4.74 Å². The van der Waals surface area contributed by atoms with Crippen molar-refractivity contribution in [1.29, 1.82) is 0 Å². The predicted octanol–water partition coefficient (Wildman–Crippen LogP) is 4.57. The lowest BCUT2D eigenvalue weighted by atomic mass is 9.97. The van der Waals surface area contributed by atoms with Gasteiger partial charge in [0.25, 0.3) is 5.56 Å². The molecule has 0 saturated heterocycles. The Bertz CT molecular complexity index is 1620. The zero-order valence-corrected chi connectivity index (χ0v) is 19.2. The Morgan fingerprint density at radius 2 is 1.89 bits per heavy atom. The molecule has 176 valence electrons. The van der Waals surface area contributed by atoms with Crippen LogP contribution in [0.4, 0.5) is 10.7 Å². The minimum absolute atomic E-state index is 0.221. The number of carboxylic acid groups (broad SMARTS) is 1. The summed E-state index contributed by atoms with van der Waals surface area (Å²) >= 11 is 0. The van der Waals surface area contributed by atoms with Crippen molar-refractivity contribution in [1.82, 2.24) is 20.2 Å². The molecule has 0 aliphatic carbocycles. The van der Waals surface area contributed by atoms with Gasteiger partial charge in [-0.15, -0.1) is 0 Å². The fourth-order valence-corrected chi connectivity index (χ4v) is 4.34. The minimum atomic E-state index is -1.07. The summed E-state index contributed by atoms with van der Waals surface area (Å²) in [5.41, 5.74) is 4.58. The standard InChI is InChI=1S/C26H23N5O4/c1-3-31(26(33)34)25-27-20-12-11-15(13-22(20)28-25)17-10-6-7-16(23(17)35-2)14-21-18-8-4-5-9-19(18)24(32)30-29-21/h4-13H,3,14H2,1-2H3,(H,27,28)(H,30,32)(H,33,34). The fourth-order valence-electron chi connectivity index (χ4n) is 4.34. The first-order chi connectivity index (χ1) is 17.0. The molecule has 35 heavy (non-hydrogen) atoms. The number of amides is 1. The maximum absolute atomic E-state index is 12.2. The lowest BCUT2D eigenvalue weighted by Gasteiger charge is -2.14.